The highest BCUT2D eigenvalue weighted by Crippen LogP contribution is 2.15. The molecule has 0 aliphatic carbocycles. The van der Waals surface area contributed by atoms with E-state index < -0.39 is 0 Å². The SMILES string of the molecule is CCSCc1csc(CC)n1. The van der Waals surface area contributed by atoms with Crippen LogP contribution in [0.5, 0.6) is 0 Å². The Labute approximate surface area is 76.2 Å². The largest absolute Gasteiger partial charge is 0.245 e. The number of rotatable bonds is 4. The van der Waals surface area contributed by atoms with E-state index in [9.17, 15) is 0 Å². The molecule has 0 spiro atoms. The van der Waals surface area contributed by atoms with Crippen molar-refractivity contribution in [3.8, 4) is 0 Å². The maximum atomic E-state index is 4.46. The van der Waals surface area contributed by atoms with Gasteiger partial charge in [0, 0.05) is 11.1 Å². The Morgan fingerprint density at radius 1 is 1.55 bits per heavy atom. The fraction of sp³-hybridized carbons (Fsp3) is 0.625. The van der Waals surface area contributed by atoms with Gasteiger partial charge < -0.3 is 0 Å². The minimum absolute atomic E-state index is 1.07. The molecular weight excluding hydrogens is 174 g/mol. The molecule has 0 unspecified atom stereocenters. The third-order valence-electron chi connectivity index (χ3n) is 1.36. The van der Waals surface area contributed by atoms with Crippen LogP contribution in [0.1, 0.15) is 24.5 Å². The minimum Gasteiger partial charge on any atom is -0.245 e. The third kappa shape index (κ3) is 2.83. The van der Waals surface area contributed by atoms with Crippen LogP contribution in [-0.4, -0.2) is 10.7 Å². The molecule has 0 amide bonds. The highest BCUT2D eigenvalue weighted by molar-refractivity contribution is 7.98. The highest BCUT2D eigenvalue weighted by atomic mass is 32.2. The predicted octanol–water partition coefficient (Wildman–Crippen LogP) is 2.96. The van der Waals surface area contributed by atoms with Crippen LogP contribution >= 0.6 is 23.1 Å². The van der Waals surface area contributed by atoms with Crippen molar-refractivity contribution in [3.63, 3.8) is 0 Å². The van der Waals surface area contributed by atoms with Gasteiger partial charge in [0.05, 0.1) is 10.7 Å². The van der Waals surface area contributed by atoms with Gasteiger partial charge in [0.25, 0.3) is 0 Å². The summed E-state index contributed by atoms with van der Waals surface area (Å²) in [6.07, 6.45) is 1.07. The summed E-state index contributed by atoms with van der Waals surface area (Å²) < 4.78 is 0. The van der Waals surface area contributed by atoms with Gasteiger partial charge in [-0.1, -0.05) is 13.8 Å². The molecule has 1 rings (SSSR count). The van der Waals surface area contributed by atoms with Crippen molar-refractivity contribution in [2.75, 3.05) is 5.75 Å². The van der Waals surface area contributed by atoms with Gasteiger partial charge in [0.2, 0.25) is 0 Å². The molecule has 1 nitrogen and oxygen atoms in total. The summed E-state index contributed by atoms with van der Waals surface area (Å²) in [7, 11) is 0. The van der Waals surface area contributed by atoms with Gasteiger partial charge in [0.1, 0.15) is 0 Å². The van der Waals surface area contributed by atoms with Gasteiger partial charge in [-0.05, 0) is 12.2 Å². The van der Waals surface area contributed by atoms with Crippen molar-refractivity contribution in [2.24, 2.45) is 0 Å². The average molecular weight is 187 g/mol. The average Bonchev–Trinajstić information content (AvgIpc) is 2.48. The lowest BCUT2D eigenvalue weighted by atomic mass is 10.5. The second kappa shape index (κ2) is 4.78. The van der Waals surface area contributed by atoms with Crippen molar-refractivity contribution < 1.29 is 0 Å². The van der Waals surface area contributed by atoms with E-state index in [1.165, 1.54) is 16.5 Å². The zero-order valence-electron chi connectivity index (χ0n) is 6.96. The van der Waals surface area contributed by atoms with Crippen molar-refractivity contribution in [2.45, 2.75) is 26.0 Å². The number of thiazole rings is 1. The Bertz CT molecular complexity index is 208. The summed E-state index contributed by atoms with van der Waals surface area (Å²) in [4.78, 5) is 4.46. The maximum Gasteiger partial charge on any atom is 0.0925 e. The molecular formula is C8H13NS2. The quantitative estimate of drug-likeness (QED) is 0.719. The summed E-state index contributed by atoms with van der Waals surface area (Å²) in [5, 5.41) is 3.43. The van der Waals surface area contributed by atoms with Crippen molar-refractivity contribution in [1.82, 2.24) is 4.98 Å². The second-order valence-corrected chi connectivity index (χ2v) is 4.44. The molecule has 0 aliphatic rings. The topological polar surface area (TPSA) is 12.9 Å². The van der Waals surface area contributed by atoms with E-state index in [0.717, 1.165) is 12.2 Å². The molecule has 0 N–H and O–H groups in total. The van der Waals surface area contributed by atoms with Crippen molar-refractivity contribution in [1.29, 1.82) is 0 Å². The van der Waals surface area contributed by atoms with E-state index in [2.05, 4.69) is 24.2 Å². The summed E-state index contributed by atoms with van der Waals surface area (Å²) in [5.74, 6) is 2.26. The van der Waals surface area contributed by atoms with E-state index in [1.54, 1.807) is 11.3 Å². The van der Waals surface area contributed by atoms with Crippen LogP contribution in [0.3, 0.4) is 0 Å². The van der Waals surface area contributed by atoms with Crippen LogP contribution in [0.25, 0.3) is 0 Å². The van der Waals surface area contributed by atoms with Gasteiger partial charge in [-0.2, -0.15) is 11.8 Å². The fourth-order valence-corrected chi connectivity index (χ4v) is 2.20. The number of thioether (sulfide) groups is 1. The third-order valence-corrected chi connectivity index (χ3v) is 3.31. The predicted molar refractivity (Wildman–Crippen MR) is 53.3 cm³/mol. The van der Waals surface area contributed by atoms with Gasteiger partial charge >= 0.3 is 0 Å². The normalized spacial score (nSPS) is 10.4. The Morgan fingerprint density at radius 2 is 2.36 bits per heavy atom. The van der Waals surface area contributed by atoms with E-state index in [0.29, 0.717) is 0 Å². The first-order chi connectivity index (χ1) is 5.36. The van der Waals surface area contributed by atoms with Crippen LogP contribution in [0.15, 0.2) is 5.38 Å². The molecule has 1 aromatic heterocycles. The molecule has 0 bridgehead atoms. The number of aromatic nitrogens is 1. The number of nitrogens with zero attached hydrogens (tertiary/aromatic N) is 1. The molecule has 0 saturated carbocycles. The molecule has 0 fully saturated rings. The van der Waals surface area contributed by atoms with Crippen LogP contribution in [0.4, 0.5) is 0 Å². The molecule has 0 atom stereocenters. The first-order valence-electron chi connectivity index (χ1n) is 3.87. The highest BCUT2D eigenvalue weighted by Gasteiger charge is 1.98. The Kier molecular flexibility index (Phi) is 3.94. The van der Waals surface area contributed by atoms with Crippen LogP contribution < -0.4 is 0 Å². The summed E-state index contributed by atoms with van der Waals surface area (Å²) in [6.45, 7) is 4.33. The summed E-state index contributed by atoms with van der Waals surface area (Å²) in [6, 6.07) is 0. The van der Waals surface area contributed by atoms with Crippen molar-refractivity contribution >= 4 is 23.1 Å². The standard InChI is InChI=1S/C8H13NS2/c1-3-8-9-7(6-11-8)5-10-4-2/h6H,3-5H2,1-2H3. The smallest absolute Gasteiger partial charge is 0.0925 e. The Hall–Kier alpha value is -0.0200. The maximum absolute atomic E-state index is 4.46. The zero-order valence-corrected chi connectivity index (χ0v) is 8.60. The zero-order chi connectivity index (χ0) is 8.10. The van der Waals surface area contributed by atoms with Gasteiger partial charge in [-0.15, -0.1) is 11.3 Å². The van der Waals surface area contributed by atoms with E-state index in [-0.39, 0.29) is 0 Å². The molecule has 0 aliphatic heterocycles. The molecule has 1 heterocycles. The van der Waals surface area contributed by atoms with Crippen LogP contribution in [0.2, 0.25) is 0 Å². The van der Waals surface area contributed by atoms with E-state index in [1.807, 2.05) is 11.8 Å². The van der Waals surface area contributed by atoms with Gasteiger partial charge in [-0.25, -0.2) is 4.98 Å². The summed E-state index contributed by atoms with van der Waals surface area (Å²) in [5.41, 5.74) is 1.25. The second-order valence-electron chi connectivity index (χ2n) is 2.22. The number of hydrogen-bond acceptors (Lipinski definition) is 3. The van der Waals surface area contributed by atoms with Crippen molar-refractivity contribution in [3.05, 3.63) is 16.1 Å². The Balaban J connectivity index is 2.44. The molecule has 0 radical (unpaired) electrons. The van der Waals surface area contributed by atoms with E-state index in [4.69, 9.17) is 0 Å². The Morgan fingerprint density at radius 3 is 2.91 bits per heavy atom. The first-order valence-corrected chi connectivity index (χ1v) is 5.91. The lowest BCUT2D eigenvalue weighted by Gasteiger charge is -1.91. The molecule has 0 saturated heterocycles. The van der Waals surface area contributed by atoms with Crippen LogP contribution in [0, 0.1) is 0 Å². The number of hydrogen-bond donors (Lipinski definition) is 0. The lowest BCUT2D eigenvalue weighted by Crippen LogP contribution is -1.82. The monoisotopic (exact) mass is 187 g/mol. The molecule has 3 heteroatoms. The van der Waals surface area contributed by atoms with E-state index >= 15 is 0 Å². The van der Waals surface area contributed by atoms with Gasteiger partial charge in [0.15, 0.2) is 0 Å². The lowest BCUT2D eigenvalue weighted by molar-refractivity contribution is 1.06. The minimum atomic E-state index is 1.07. The molecule has 11 heavy (non-hydrogen) atoms. The van der Waals surface area contributed by atoms with Crippen LogP contribution in [-0.2, 0) is 12.2 Å². The first kappa shape index (κ1) is 9.07. The number of aryl methyl sites for hydroxylation is 1. The molecule has 1 aromatic rings. The van der Waals surface area contributed by atoms with Gasteiger partial charge in [-0.3, -0.25) is 0 Å². The fourth-order valence-electron chi connectivity index (χ4n) is 0.784. The summed E-state index contributed by atoms with van der Waals surface area (Å²) >= 11 is 3.70. The molecule has 62 valence electrons. The molecule has 0 aromatic carbocycles.